The molecule has 138 valence electrons. The van der Waals surface area contributed by atoms with E-state index in [0.717, 1.165) is 24.6 Å². The highest BCUT2D eigenvalue weighted by Crippen LogP contribution is 2.38. The minimum atomic E-state index is -0.327. The number of aromatic nitrogens is 4. The van der Waals surface area contributed by atoms with Crippen molar-refractivity contribution in [2.24, 2.45) is 13.0 Å². The number of fused-ring (bicyclic) bond motifs is 1. The van der Waals surface area contributed by atoms with Gasteiger partial charge in [0.05, 0.1) is 12.1 Å². The molecule has 2 aromatic heterocycles. The second-order valence-corrected chi connectivity index (χ2v) is 6.92. The third-order valence-electron chi connectivity index (χ3n) is 5.48. The standard InChI is InChI=1S/C18H24N6O2/c1-3-22-15(25)6-5-13(16(22)17-19-9-12-21(17)2)18(26)23-10-4-11-24-14(23)7-8-20-24/h7-9,12-13,16H,3-6,10-11H2,1-2H3/t13-,16-/m0/s1. The highest BCUT2D eigenvalue weighted by atomic mass is 16.2. The molecule has 0 unspecified atom stereocenters. The van der Waals surface area contributed by atoms with Gasteiger partial charge in [0.25, 0.3) is 0 Å². The summed E-state index contributed by atoms with van der Waals surface area (Å²) in [5.74, 6) is 1.47. The quantitative estimate of drug-likeness (QED) is 0.832. The molecule has 2 atom stereocenters. The number of piperidine rings is 1. The van der Waals surface area contributed by atoms with Gasteiger partial charge in [0.15, 0.2) is 0 Å². The first-order valence-electron chi connectivity index (χ1n) is 9.21. The lowest BCUT2D eigenvalue weighted by atomic mass is 9.86. The number of carbonyl (C=O) groups excluding carboxylic acids is 2. The summed E-state index contributed by atoms with van der Waals surface area (Å²) in [6.07, 6.45) is 7.16. The van der Waals surface area contributed by atoms with Crippen LogP contribution < -0.4 is 4.90 Å². The second-order valence-electron chi connectivity index (χ2n) is 6.92. The lowest BCUT2D eigenvalue weighted by Crippen LogP contribution is -2.51. The Balaban J connectivity index is 1.71. The van der Waals surface area contributed by atoms with Gasteiger partial charge in [-0.3, -0.25) is 14.5 Å². The van der Waals surface area contributed by atoms with Crippen LogP contribution in [0.3, 0.4) is 0 Å². The number of nitrogens with zero attached hydrogens (tertiary/aromatic N) is 6. The molecule has 4 rings (SSSR count). The Hall–Kier alpha value is -2.64. The van der Waals surface area contributed by atoms with Crippen LogP contribution in [0.15, 0.2) is 24.7 Å². The van der Waals surface area contributed by atoms with E-state index in [1.165, 1.54) is 0 Å². The first-order chi connectivity index (χ1) is 12.6. The highest BCUT2D eigenvalue weighted by Gasteiger charge is 2.44. The largest absolute Gasteiger partial charge is 0.336 e. The van der Waals surface area contributed by atoms with Gasteiger partial charge in [-0.2, -0.15) is 5.10 Å². The molecule has 2 aliphatic heterocycles. The smallest absolute Gasteiger partial charge is 0.233 e. The summed E-state index contributed by atoms with van der Waals surface area (Å²) in [4.78, 5) is 34.1. The van der Waals surface area contributed by atoms with E-state index < -0.39 is 0 Å². The predicted octanol–water partition coefficient (Wildman–Crippen LogP) is 1.35. The summed E-state index contributed by atoms with van der Waals surface area (Å²) in [5, 5.41) is 4.30. The Bertz CT molecular complexity index is 825. The van der Waals surface area contributed by atoms with E-state index in [1.54, 1.807) is 17.3 Å². The van der Waals surface area contributed by atoms with Gasteiger partial charge in [-0.15, -0.1) is 0 Å². The van der Waals surface area contributed by atoms with Crippen molar-refractivity contribution in [1.82, 2.24) is 24.2 Å². The van der Waals surface area contributed by atoms with Crippen molar-refractivity contribution in [2.75, 3.05) is 18.0 Å². The molecule has 0 bridgehead atoms. The van der Waals surface area contributed by atoms with Crippen LogP contribution >= 0.6 is 0 Å². The SMILES string of the molecule is CCN1C(=O)CC[C@H](C(=O)N2CCCn3nccc32)[C@H]1c1nccn1C. The first kappa shape index (κ1) is 16.8. The fourth-order valence-electron chi connectivity index (χ4n) is 4.21. The molecule has 0 N–H and O–H groups in total. The van der Waals surface area contributed by atoms with Crippen molar-refractivity contribution in [2.45, 2.75) is 38.8 Å². The Morgan fingerprint density at radius 3 is 2.88 bits per heavy atom. The van der Waals surface area contributed by atoms with Crippen molar-refractivity contribution in [3.8, 4) is 0 Å². The number of hydrogen-bond donors (Lipinski definition) is 0. The van der Waals surface area contributed by atoms with E-state index >= 15 is 0 Å². The van der Waals surface area contributed by atoms with Crippen LogP contribution in [0.5, 0.6) is 0 Å². The molecular weight excluding hydrogens is 332 g/mol. The van der Waals surface area contributed by atoms with Gasteiger partial charge in [0, 0.05) is 51.6 Å². The number of imidazole rings is 1. The third-order valence-corrected chi connectivity index (χ3v) is 5.48. The minimum absolute atomic E-state index is 0.0606. The average Bonchev–Trinajstić information content (AvgIpc) is 3.29. The summed E-state index contributed by atoms with van der Waals surface area (Å²) in [6, 6.07) is 1.56. The van der Waals surface area contributed by atoms with E-state index in [2.05, 4.69) is 10.1 Å². The summed E-state index contributed by atoms with van der Waals surface area (Å²) in [6.45, 7) is 4.04. The maximum atomic E-state index is 13.5. The first-order valence-corrected chi connectivity index (χ1v) is 9.21. The zero-order chi connectivity index (χ0) is 18.3. The maximum absolute atomic E-state index is 13.5. The topological polar surface area (TPSA) is 76.3 Å². The molecule has 26 heavy (non-hydrogen) atoms. The summed E-state index contributed by atoms with van der Waals surface area (Å²) < 4.78 is 3.79. The van der Waals surface area contributed by atoms with E-state index in [0.29, 0.717) is 25.9 Å². The maximum Gasteiger partial charge on any atom is 0.233 e. The van der Waals surface area contributed by atoms with Gasteiger partial charge in [-0.05, 0) is 19.8 Å². The van der Waals surface area contributed by atoms with Crippen LogP contribution in [0.25, 0.3) is 0 Å². The van der Waals surface area contributed by atoms with Crippen LogP contribution in [0.4, 0.5) is 5.82 Å². The van der Waals surface area contributed by atoms with Gasteiger partial charge in [-0.25, -0.2) is 9.67 Å². The number of anilines is 1. The average molecular weight is 356 g/mol. The summed E-state index contributed by atoms with van der Waals surface area (Å²) in [5.41, 5.74) is 0. The molecule has 0 aromatic carbocycles. The number of rotatable bonds is 3. The lowest BCUT2D eigenvalue weighted by molar-refractivity contribution is -0.142. The Morgan fingerprint density at radius 1 is 1.31 bits per heavy atom. The molecule has 8 nitrogen and oxygen atoms in total. The van der Waals surface area contributed by atoms with Crippen LogP contribution in [-0.4, -0.2) is 49.1 Å². The molecule has 4 heterocycles. The molecular formula is C18H24N6O2. The van der Waals surface area contributed by atoms with E-state index in [1.807, 2.05) is 40.4 Å². The predicted molar refractivity (Wildman–Crippen MR) is 95.3 cm³/mol. The third kappa shape index (κ3) is 2.60. The lowest BCUT2D eigenvalue weighted by Gasteiger charge is -2.41. The fraction of sp³-hybridized carbons (Fsp3) is 0.556. The van der Waals surface area contributed by atoms with Crippen LogP contribution in [0.2, 0.25) is 0 Å². The molecule has 1 fully saturated rings. The summed E-state index contributed by atoms with van der Waals surface area (Å²) >= 11 is 0. The van der Waals surface area contributed by atoms with Crippen molar-refractivity contribution in [3.63, 3.8) is 0 Å². The monoisotopic (exact) mass is 356 g/mol. The molecule has 0 saturated carbocycles. The highest BCUT2D eigenvalue weighted by molar-refractivity contribution is 5.96. The molecule has 0 radical (unpaired) electrons. The zero-order valence-corrected chi connectivity index (χ0v) is 15.2. The Labute approximate surface area is 152 Å². The molecule has 2 amide bonds. The van der Waals surface area contributed by atoms with E-state index in [9.17, 15) is 9.59 Å². The van der Waals surface area contributed by atoms with Gasteiger partial charge in [0.2, 0.25) is 11.8 Å². The molecule has 2 aliphatic rings. The van der Waals surface area contributed by atoms with Crippen molar-refractivity contribution in [3.05, 3.63) is 30.5 Å². The van der Waals surface area contributed by atoms with Gasteiger partial charge >= 0.3 is 0 Å². The van der Waals surface area contributed by atoms with Crippen LogP contribution in [0.1, 0.15) is 38.1 Å². The van der Waals surface area contributed by atoms with Crippen LogP contribution in [0, 0.1) is 5.92 Å². The molecule has 0 aliphatic carbocycles. The zero-order valence-electron chi connectivity index (χ0n) is 15.2. The van der Waals surface area contributed by atoms with Crippen molar-refractivity contribution >= 4 is 17.6 Å². The van der Waals surface area contributed by atoms with E-state index in [4.69, 9.17) is 0 Å². The second kappa shape index (κ2) is 6.59. The number of aryl methyl sites for hydroxylation is 2. The van der Waals surface area contributed by atoms with Crippen LogP contribution in [-0.2, 0) is 23.2 Å². The number of likely N-dealkylation sites (tertiary alicyclic amines) is 1. The Morgan fingerprint density at radius 2 is 2.15 bits per heavy atom. The number of hydrogen-bond acceptors (Lipinski definition) is 4. The van der Waals surface area contributed by atoms with Crippen molar-refractivity contribution < 1.29 is 9.59 Å². The fourth-order valence-corrected chi connectivity index (χ4v) is 4.21. The van der Waals surface area contributed by atoms with E-state index in [-0.39, 0.29) is 23.8 Å². The van der Waals surface area contributed by atoms with Gasteiger partial charge in [-0.1, -0.05) is 0 Å². The van der Waals surface area contributed by atoms with Gasteiger partial charge in [0.1, 0.15) is 17.7 Å². The number of amides is 2. The molecule has 2 aromatic rings. The number of carbonyl (C=O) groups is 2. The summed E-state index contributed by atoms with van der Waals surface area (Å²) in [7, 11) is 1.91. The minimum Gasteiger partial charge on any atom is -0.336 e. The van der Waals surface area contributed by atoms with Crippen molar-refractivity contribution in [1.29, 1.82) is 0 Å². The normalized spacial score (nSPS) is 23.2. The van der Waals surface area contributed by atoms with Gasteiger partial charge < -0.3 is 9.47 Å². The Kier molecular flexibility index (Phi) is 4.26. The molecule has 8 heteroatoms. The molecule has 1 saturated heterocycles. The molecule has 0 spiro atoms.